The van der Waals surface area contributed by atoms with E-state index < -0.39 is 0 Å². The Hall–Kier alpha value is -0.800. The molecular formula is C14H19ClN2S. The summed E-state index contributed by atoms with van der Waals surface area (Å²) in [5, 5.41) is 0.753. The van der Waals surface area contributed by atoms with Crippen molar-refractivity contribution >= 4 is 34.5 Å². The highest BCUT2D eigenvalue weighted by Gasteiger charge is 2.29. The molecule has 0 saturated heterocycles. The Labute approximate surface area is 119 Å². The predicted molar refractivity (Wildman–Crippen MR) is 82.6 cm³/mol. The summed E-state index contributed by atoms with van der Waals surface area (Å²) in [6, 6.07) is 6.56. The molecule has 98 valence electrons. The minimum absolute atomic E-state index is 0.398. The van der Waals surface area contributed by atoms with Crippen LogP contribution in [0.5, 0.6) is 0 Å². The molecule has 0 aromatic heterocycles. The topological polar surface area (TPSA) is 29.3 Å². The lowest BCUT2D eigenvalue weighted by atomic mass is 10.1. The first-order chi connectivity index (χ1) is 8.63. The van der Waals surface area contributed by atoms with Gasteiger partial charge in [-0.1, -0.05) is 37.2 Å². The summed E-state index contributed by atoms with van der Waals surface area (Å²) in [5.41, 5.74) is 7.58. The number of hydrogen-bond donors (Lipinski definition) is 1. The van der Waals surface area contributed by atoms with Crippen LogP contribution < -0.4 is 10.6 Å². The summed E-state index contributed by atoms with van der Waals surface area (Å²) < 4.78 is 0. The first-order valence-corrected chi connectivity index (χ1v) is 7.28. The van der Waals surface area contributed by atoms with Crippen LogP contribution in [0.15, 0.2) is 18.2 Å². The van der Waals surface area contributed by atoms with Gasteiger partial charge in [-0.25, -0.2) is 0 Å². The SMILES string of the molecule is CCCCN(c1ccc(C(N)=S)cc1Cl)C1CC1. The zero-order chi connectivity index (χ0) is 13.1. The Morgan fingerprint density at radius 1 is 1.50 bits per heavy atom. The molecule has 1 aromatic carbocycles. The summed E-state index contributed by atoms with van der Waals surface area (Å²) in [6.07, 6.45) is 4.95. The van der Waals surface area contributed by atoms with Crippen molar-refractivity contribution in [2.75, 3.05) is 11.4 Å². The van der Waals surface area contributed by atoms with Gasteiger partial charge in [-0.2, -0.15) is 0 Å². The zero-order valence-corrected chi connectivity index (χ0v) is 12.2. The maximum Gasteiger partial charge on any atom is 0.104 e. The van der Waals surface area contributed by atoms with Crippen molar-refractivity contribution in [2.24, 2.45) is 5.73 Å². The standard InChI is InChI=1S/C14H19ClN2S/c1-2-3-8-17(11-5-6-11)13-7-4-10(14(16)18)9-12(13)15/h4,7,9,11H,2-3,5-6,8H2,1H3,(H2,16,18). The van der Waals surface area contributed by atoms with Crippen LogP contribution in [0.1, 0.15) is 38.2 Å². The van der Waals surface area contributed by atoms with E-state index in [0.717, 1.165) is 22.8 Å². The summed E-state index contributed by atoms with van der Waals surface area (Å²) in [6.45, 7) is 3.29. The van der Waals surface area contributed by atoms with Crippen molar-refractivity contribution in [1.82, 2.24) is 0 Å². The van der Waals surface area contributed by atoms with E-state index >= 15 is 0 Å². The fourth-order valence-corrected chi connectivity index (χ4v) is 2.52. The molecular weight excluding hydrogens is 264 g/mol. The third-order valence-electron chi connectivity index (χ3n) is 3.28. The van der Waals surface area contributed by atoms with Gasteiger partial charge in [-0.15, -0.1) is 0 Å². The molecule has 0 heterocycles. The van der Waals surface area contributed by atoms with Gasteiger partial charge in [0, 0.05) is 18.2 Å². The second-order valence-corrected chi connectivity index (χ2v) is 5.66. The van der Waals surface area contributed by atoms with Crippen LogP contribution in [-0.4, -0.2) is 17.6 Å². The monoisotopic (exact) mass is 282 g/mol. The number of benzene rings is 1. The molecule has 0 radical (unpaired) electrons. The summed E-state index contributed by atoms with van der Waals surface area (Å²) >= 11 is 11.3. The number of nitrogens with two attached hydrogens (primary N) is 1. The lowest BCUT2D eigenvalue weighted by molar-refractivity contribution is 0.713. The second kappa shape index (κ2) is 5.89. The number of rotatable bonds is 6. The Balaban J connectivity index is 2.21. The van der Waals surface area contributed by atoms with Gasteiger partial charge in [0.2, 0.25) is 0 Å². The number of unbranched alkanes of at least 4 members (excludes halogenated alkanes) is 1. The number of thiocarbonyl (C=S) groups is 1. The third-order valence-corrected chi connectivity index (χ3v) is 3.82. The maximum absolute atomic E-state index is 6.36. The van der Waals surface area contributed by atoms with Crippen LogP contribution in [0.3, 0.4) is 0 Å². The summed E-state index contributed by atoms with van der Waals surface area (Å²) in [7, 11) is 0. The average molecular weight is 283 g/mol. The van der Waals surface area contributed by atoms with Gasteiger partial charge in [0.05, 0.1) is 10.7 Å². The van der Waals surface area contributed by atoms with Crippen LogP contribution >= 0.6 is 23.8 Å². The first-order valence-electron chi connectivity index (χ1n) is 6.49. The lowest BCUT2D eigenvalue weighted by Gasteiger charge is -2.26. The molecule has 18 heavy (non-hydrogen) atoms. The molecule has 0 amide bonds. The van der Waals surface area contributed by atoms with Crippen molar-refractivity contribution in [1.29, 1.82) is 0 Å². The molecule has 1 aliphatic rings. The highest BCUT2D eigenvalue weighted by Crippen LogP contribution is 2.36. The highest BCUT2D eigenvalue weighted by atomic mass is 35.5. The average Bonchev–Trinajstić information content (AvgIpc) is 3.15. The predicted octanol–water partition coefficient (Wildman–Crippen LogP) is 3.74. The van der Waals surface area contributed by atoms with Crippen molar-refractivity contribution in [2.45, 2.75) is 38.6 Å². The molecule has 0 unspecified atom stereocenters. The van der Waals surface area contributed by atoms with Crippen molar-refractivity contribution in [3.63, 3.8) is 0 Å². The van der Waals surface area contributed by atoms with Crippen molar-refractivity contribution < 1.29 is 0 Å². The molecule has 1 fully saturated rings. The molecule has 0 bridgehead atoms. The van der Waals surface area contributed by atoms with E-state index in [1.807, 2.05) is 18.2 Å². The Morgan fingerprint density at radius 3 is 2.72 bits per heavy atom. The summed E-state index contributed by atoms with van der Waals surface area (Å²) in [5.74, 6) is 0. The third kappa shape index (κ3) is 3.15. The zero-order valence-electron chi connectivity index (χ0n) is 10.7. The fourth-order valence-electron chi connectivity index (χ4n) is 2.11. The van der Waals surface area contributed by atoms with E-state index in [-0.39, 0.29) is 0 Å². The lowest BCUT2D eigenvalue weighted by Crippen LogP contribution is -2.27. The van der Waals surface area contributed by atoms with Crippen LogP contribution in [-0.2, 0) is 0 Å². The van der Waals surface area contributed by atoms with Gasteiger partial charge in [0.1, 0.15) is 4.99 Å². The largest absolute Gasteiger partial charge is 0.389 e. The molecule has 0 aliphatic heterocycles. The van der Waals surface area contributed by atoms with Crippen LogP contribution in [0.25, 0.3) is 0 Å². The van der Waals surface area contributed by atoms with Gasteiger partial charge in [0.15, 0.2) is 0 Å². The maximum atomic E-state index is 6.36. The minimum Gasteiger partial charge on any atom is -0.389 e. The van der Waals surface area contributed by atoms with E-state index in [4.69, 9.17) is 29.6 Å². The number of halogens is 1. The highest BCUT2D eigenvalue weighted by molar-refractivity contribution is 7.80. The molecule has 0 spiro atoms. The van der Waals surface area contributed by atoms with E-state index in [2.05, 4.69) is 11.8 Å². The van der Waals surface area contributed by atoms with Crippen LogP contribution in [0, 0.1) is 0 Å². The Morgan fingerprint density at radius 2 is 2.22 bits per heavy atom. The van der Waals surface area contributed by atoms with E-state index in [9.17, 15) is 0 Å². The Bertz CT molecular complexity index is 443. The van der Waals surface area contributed by atoms with Gasteiger partial charge >= 0.3 is 0 Å². The summed E-state index contributed by atoms with van der Waals surface area (Å²) in [4.78, 5) is 2.82. The second-order valence-electron chi connectivity index (χ2n) is 4.81. The molecule has 4 heteroatoms. The molecule has 2 nitrogen and oxygen atoms in total. The van der Waals surface area contributed by atoms with E-state index in [0.29, 0.717) is 11.0 Å². The number of anilines is 1. The molecule has 1 aliphatic carbocycles. The molecule has 2 N–H and O–H groups in total. The molecule has 2 rings (SSSR count). The van der Waals surface area contributed by atoms with Crippen molar-refractivity contribution in [3.05, 3.63) is 28.8 Å². The molecule has 0 atom stereocenters. The normalized spacial score (nSPS) is 14.6. The molecule has 1 saturated carbocycles. The van der Waals surface area contributed by atoms with E-state index in [1.54, 1.807) is 0 Å². The van der Waals surface area contributed by atoms with Gasteiger partial charge < -0.3 is 10.6 Å². The van der Waals surface area contributed by atoms with Crippen LogP contribution in [0.4, 0.5) is 5.69 Å². The minimum atomic E-state index is 0.398. The number of nitrogens with zero attached hydrogens (tertiary/aromatic N) is 1. The fraction of sp³-hybridized carbons (Fsp3) is 0.500. The van der Waals surface area contributed by atoms with Gasteiger partial charge in [-0.05, 0) is 37.5 Å². The van der Waals surface area contributed by atoms with E-state index in [1.165, 1.54) is 25.7 Å². The Kier molecular flexibility index (Phi) is 4.46. The smallest absolute Gasteiger partial charge is 0.104 e. The quantitative estimate of drug-likeness (QED) is 0.806. The van der Waals surface area contributed by atoms with Crippen molar-refractivity contribution in [3.8, 4) is 0 Å². The number of hydrogen-bond acceptors (Lipinski definition) is 2. The van der Waals surface area contributed by atoms with Gasteiger partial charge in [-0.3, -0.25) is 0 Å². The van der Waals surface area contributed by atoms with Crippen LogP contribution in [0.2, 0.25) is 5.02 Å². The molecule has 1 aromatic rings. The van der Waals surface area contributed by atoms with Gasteiger partial charge in [0.25, 0.3) is 0 Å². The first kappa shape index (κ1) is 13.6.